The maximum Gasteiger partial charge on any atom is 0.119 e. The summed E-state index contributed by atoms with van der Waals surface area (Å²) < 4.78 is 24.2. The lowest BCUT2D eigenvalue weighted by atomic mass is 9.91. The fourth-order valence-corrected chi connectivity index (χ4v) is 7.22. The molecule has 2 aliphatic heterocycles. The van der Waals surface area contributed by atoms with Gasteiger partial charge in [0.25, 0.3) is 0 Å². The number of nitrogens with zero attached hydrogens (tertiary/aromatic N) is 1. The van der Waals surface area contributed by atoms with Crippen molar-refractivity contribution in [3.8, 4) is 5.75 Å². The second-order valence-corrected chi connectivity index (χ2v) is 13.9. The second kappa shape index (κ2) is 12.4. The van der Waals surface area contributed by atoms with E-state index in [0.29, 0.717) is 23.6 Å². The number of benzene rings is 2. The Morgan fingerprint density at radius 2 is 1.86 bits per heavy atom. The molecule has 36 heavy (non-hydrogen) atoms. The van der Waals surface area contributed by atoms with E-state index in [0.717, 1.165) is 55.0 Å². The highest BCUT2D eigenvalue weighted by Crippen LogP contribution is 2.46. The number of halogens is 1. The molecule has 0 radical (unpaired) electrons. The van der Waals surface area contributed by atoms with E-state index in [-0.39, 0.29) is 13.0 Å². The number of rotatable bonds is 9. The molecule has 2 aliphatic rings. The molecule has 4 rings (SSSR count). The average Bonchev–Trinajstić information content (AvgIpc) is 2.89. The first-order chi connectivity index (χ1) is 17.3. The van der Waals surface area contributed by atoms with E-state index in [1.807, 2.05) is 37.3 Å². The van der Waals surface area contributed by atoms with Crippen molar-refractivity contribution in [1.29, 1.82) is 0 Å². The molecule has 3 N–H and O–H groups in total. The van der Waals surface area contributed by atoms with Crippen LogP contribution in [-0.4, -0.2) is 89.9 Å². The molecule has 198 valence electrons. The molecule has 0 unspecified atom stereocenters. The molecule has 4 atom stereocenters. The Labute approximate surface area is 218 Å². The lowest BCUT2D eigenvalue weighted by Gasteiger charge is -2.37. The number of aliphatic hydroxyl groups is 3. The van der Waals surface area contributed by atoms with Gasteiger partial charge in [-0.15, -0.1) is 0 Å². The zero-order chi connectivity index (χ0) is 25.7. The van der Waals surface area contributed by atoms with Crippen LogP contribution in [0.4, 0.5) is 0 Å². The van der Waals surface area contributed by atoms with E-state index in [1.165, 1.54) is 0 Å². The fourth-order valence-electron chi connectivity index (χ4n) is 4.88. The Bertz CT molecular complexity index is 1040. The fraction of sp³-hybridized carbons (Fsp3) is 0.556. The van der Waals surface area contributed by atoms with Gasteiger partial charge in [-0.1, -0.05) is 42.8 Å². The van der Waals surface area contributed by atoms with Gasteiger partial charge in [-0.05, 0) is 47.5 Å². The van der Waals surface area contributed by atoms with Crippen molar-refractivity contribution in [3.63, 3.8) is 0 Å². The first-order valence-electron chi connectivity index (χ1n) is 12.7. The third-order valence-corrected chi connectivity index (χ3v) is 10.9. The van der Waals surface area contributed by atoms with Crippen molar-refractivity contribution in [2.24, 2.45) is 0 Å². The van der Waals surface area contributed by atoms with Gasteiger partial charge in [0.1, 0.15) is 24.6 Å². The van der Waals surface area contributed by atoms with Crippen LogP contribution >= 0.6 is 18.7 Å². The molecule has 0 bridgehead atoms. The van der Waals surface area contributed by atoms with Gasteiger partial charge in [0.2, 0.25) is 0 Å². The first kappa shape index (κ1) is 27.6. The molecular weight excluding hydrogens is 501 g/mol. The molecular formula is C27H37ClNO6P. The number of aliphatic hydroxyl groups excluding tert-OH is 3. The van der Waals surface area contributed by atoms with Crippen LogP contribution in [0.5, 0.6) is 5.75 Å². The van der Waals surface area contributed by atoms with Crippen LogP contribution in [0, 0.1) is 0 Å². The Morgan fingerprint density at radius 1 is 1.14 bits per heavy atom. The first-order valence-corrected chi connectivity index (χ1v) is 15.4. The summed E-state index contributed by atoms with van der Waals surface area (Å²) in [6.07, 6.45) is -0.0515. The van der Waals surface area contributed by atoms with Crippen LogP contribution in [0.1, 0.15) is 36.1 Å². The number of ether oxygens (including phenoxy) is 2. The molecule has 7 nitrogen and oxygen atoms in total. The zero-order valence-corrected chi connectivity index (χ0v) is 22.4. The van der Waals surface area contributed by atoms with E-state index in [1.54, 1.807) is 12.1 Å². The predicted octanol–water partition coefficient (Wildman–Crippen LogP) is 3.55. The molecule has 0 saturated carbocycles. The SMILES string of the molecule is CCP1(=O)CCN(CCOc2ccc(Cc3cc([C@@H]4O[C@H](CO)C[C@H](O)[C@H]4O)ccc3Cl)cc2)CC1. The molecule has 2 fully saturated rings. The Hall–Kier alpha value is -1.44. The summed E-state index contributed by atoms with van der Waals surface area (Å²) >= 11 is 6.47. The second-order valence-electron chi connectivity index (χ2n) is 9.84. The smallest absolute Gasteiger partial charge is 0.119 e. The van der Waals surface area contributed by atoms with E-state index >= 15 is 0 Å². The molecule has 0 amide bonds. The summed E-state index contributed by atoms with van der Waals surface area (Å²) in [5.74, 6) is 0.803. The monoisotopic (exact) mass is 537 g/mol. The topological polar surface area (TPSA) is 99.5 Å². The predicted molar refractivity (Wildman–Crippen MR) is 142 cm³/mol. The third-order valence-electron chi connectivity index (χ3n) is 7.37. The van der Waals surface area contributed by atoms with Gasteiger partial charge in [-0.3, -0.25) is 4.90 Å². The average molecular weight is 538 g/mol. The number of hydrogen-bond donors (Lipinski definition) is 3. The Balaban J connectivity index is 1.32. The van der Waals surface area contributed by atoms with Crippen molar-refractivity contribution < 1.29 is 29.4 Å². The third kappa shape index (κ3) is 6.90. The van der Waals surface area contributed by atoms with E-state index in [9.17, 15) is 19.9 Å². The van der Waals surface area contributed by atoms with Gasteiger partial charge in [0, 0.05) is 43.4 Å². The summed E-state index contributed by atoms with van der Waals surface area (Å²) in [6, 6.07) is 13.4. The molecule has 0 aromatic heterocycles. The van der Waals surface area contributed by atoms with Gasteiger partial charge >= 0.3 is 0 Å². The van der Waals surface area contributed by atoms with Crippen molar-refractivity contribution in [2.45, 2.75) is 44.2 Å². The Morgan fingerprint density at radius 3 is 2.53 bits per heavy atom. The highest BCUT2D eigenvalue weighted by molar-refractivity contribution is 7.64. The molecule has 2 aromatic carbocycles. The van der Waals surface area contributed by atoms with Crippen molar-refractivity contribution in [1.82, 2.24) is 4.90 Å². The quantitative estimate of drug-likeness (QED) is 0.421. The maximum absolute atomic E-state index is 12.5. The van der Waals surface area contributed by atoms with Gasteiger partial charge in [-0.25, -0.2) is 0 Å². The highest BCUT2D eigenvalue weighted by Gasteiger charge is 2.37. The Kier molecular flexibility index (Phi) is 9.51. The zero-order valence-electron chi connectivity index (χ0n) is 20.8. The normalized spacial score (nSPS) is 26.6. The summed E-state index contributed by atoms with van der Waals surface area (Å²) in [4.78, 5) is 2.32. The minimum atomic E-state index is -1.91. The van der Waals surface area contributed by atoms with Crippen molar-refractivity contribution >= 4 is 18.7 Å². The van der Waals surface area contributed by atoms with Gasteiger partial charge in [0.15, 0.2) is 0 Å². The van der Waals surface area contributed by atoms with Crippen LogP contribution in [0.25, 0.3) is 0 Å². The van der Waals surface area contributed by atoms with Crippen molar-refractivity contribution in [3.05, 3.63) is 64.2 Å². The van der Waals surface area contributed by atoms with Crippen molar-refractivity contribution in [2.75, 3.05) is 51.3 Å². The van der Waals surface area contributed by atoms with E-state index < -0.39 is 31.6 Å². The summed E-state index contributed by atoms with van der Waals surface area (Å²) in [6.45, 7) is 5.00. The minimum absolute atomic E-state index is 0.196. The lowest BCUT2D eigenvalue weighted by molar-refractivity contribution is -0.179. The van der Waals surface area contributed by atoms with Crippen LogP contribution in [-0.2, 0) is 15.7 Å². The maximum atomic E-state index is 12.5. The molecule has 2 saturated heterocycles. The van der Waals surface area contributed by atoms with Crippen LogP contribution in [0.3, 0.4) is 0 Å². The summed E-state index contributed by atoms with van der Waals surface area (Å²) in [5.41, 5.74) is 2.66. The lowest BCUT2D eigenvalue weighted by Crippen LogP contribution is -2.44. The van der Waals surface area contributed by atoms with Crippen LogP contribution in [0.15, 0.2) is 42.5 Å². The standard InChI is InChI=1S/C27H37ClNO6P/c1-2-36(33)13-10-29(11-14-36)9-12-34-22-6-3-19(4-7-22)15-21-16-20(5-8-24(21)28)27-26(32)25(31)17-23(18-30)35-27/h3-8,16,23,25-27,30-32H,2,9-15,17-18H2,1H3/t23-,25-,26+,27-/m0/s1. The van der Waals surface area contributed by atoms with Gasteiger partial charge in [-0.2, -0.15) is 0 Å². The summed E-state index contributed by atoms with van der Waals surface area (Å²) in [5, 5.41) is 30.7. The minimum Gasteiger partial charge on any atom is -0.492 e. The highest BCUT2D eigenvalue weighted by atomic mass is 35.5. The van der Waals surface area contributed by atoms with E-state index in [2.05, 4.69) is 4.90 Å². The van der Waals surface area contributed by atoms with Gasteiger partial charge in [0.05, 0.1) is 26.0 Å². The van der Waals surface area contributed by atoms with Crippen LogP contribution in [0.2, 0.25) is 5.02 Å². The molecule has 2 aromatic rings. The van der Waals surface area contributed by atoms with Gasteiger partial charge < -0.3 is 29.4 Å². The molecule has 0 aliphatic carbocycles. The van der Waals surface area contributed by atoms with E-state index in [4.69, 9.17) is 21.1 Å². The van der Waals surface area contributed by atoms with Crippen LogP contribution < -0.4 is 4.74 Å². The molecule has 9 heteroatoms. The largest absolute Gasteiger partial charge is 0.492 e. The summed E-state index contributed by atoms with van der Waals surface area (Å²) in [7, 11) is -1.91. The number of hydrogen-bond acceptors (Lipinski definition) is 7. The molecule has 0 spiro atoms. The molecule has 2 heterocycles.